The van der Waals surface area contributed by atoms with Crippen molar-refractivity contribution in [3.63, 3.8) is 0 Å². The Bertz CT molecular complexity index is 995. The second kappa shape index (κ2) is 10.9. The maximum Gasteiger partial charge on any atom is 0.339 e. The van der Waals surface area contributed by atoms with Gasteiger partial charge in [-0.25, -0.2) is 9.59 Å². The van der Waals surface area contributed by atoms with E-state index in [-0.39, 0.29) is 17.7 Å². The molecule has 0 fully saturated rings. The van der Waals surface area contributed by atoms with Crippen LogP contribution >= 0.6 is 0 Å². The molecule has 146 valence electrons. The fourth-order valence-electron chi connectivity index (χ4n) is 2.38. The van der Waals surface area contributed by atoms with Crippen LogP contribution in [0.4, 0.5) is 0 Å². The lowest BCUT2D eigenvalue weighted by Gasteiger charge is -2.06. The number of carbonyl (C=O) groups is 4. The van der Waals surface area contributed by atoms with E-state index in [1.54, 1.807) is 36.4 Å². The van der Waals surface area contributed by atoms with Gasteiger partial charge in [-0.15, -0.1) is 0 Å². The summed E-state index contributed by atoms with van der Waals surface area (Å²) >= 11 is 0. The number of benzene rings is 3. The van der Waals surface area contributed by atoms with Crippen molar-refractivity contribution in [3.05, 3.63) is 107 Å². The van der Waals surface area contributed by atoms with Gasteiger partial charge in [0.05, 0.1) is 11.1 Å². The predicted molar refractivity (Wildman–Crippen MR) is 106 cm³/mol. The number of rotatable bonds is 6. The quantitative estimate of drug-likeness (QED) is 0.504. The van der Waals surface area contributed by atoms with Crippen molar-refractivity contribution in [2.75, 3.05) is 0 Å². The van der Waals surface area contributed by atoms with Crippen molar-refractivity contribution in [1.82, 2.24) is 0 Å². The van der Waals surface area contributed by atoms with Gasteiger partial charge in [0.25, 0.3) is 0 Å². The third kappa shape index (κ3) is 6.25. The molecular formula is C23H18O6. The van der Waals surface area contributed by atoms with Gasteiger partial charge < -0.3 is 9.84 Å². The minimum atomic E-state index is -1.08. The van der Waals surface area contributed by atoms with E-state index >= 15 is 0 Å². The number of hydrogen-bond donors (Lipinski definition) is 1. The molecular weight excluding hydrogens is 372 g/mol. The lowest BCUT2D eigenvalue weighted by Crippen LogP contribution is -2.08. The van der Waals surface area contributed by atoms with Crippen LogP contribution in [0.5, 0.6) is 0 Å². The van der Waals surface area contributed by atoms with E-state index in [4.69, 9.17) is 9.84 Å². The van der Waals surface area contributed by atoms with Crippen molar-refractivity contribution in [3.8, 4) is 0 Å². The van der Waals surface area contributed by atoms with Crippen molar-refractivity contribution in [2.24, 2.45) is 0 Å². The first kappa shape index (κ1) is 21.2. The Labute approximate surface area is 167 Å². The highest BCUT2D eigenvalue weighted by Gasteiger charge is 2.11. The molecule has 0 saturated heterocycles. The van der Waals surface area contributed by atoms with Gasteiger partial charge in [-0.05, 0) is 17.7 Å². The second-order valence-electron chi connectivity index (χ2n) is 5.78. The zero-order chi connectivity index (χ0) is 21.1. The summed E-state index contributed by atoms with van der Waals surface area (Å²) in [6, 6.07) is 22.0. The summed E-state index contributed by atoms with van der Waals surface area (Å²) in [5.41, 5.74) is 1.80. The summed E-state index contributed by atoms with van der Waals surface area (Å²) in [5.74, 6) is -1.56. The molecule has 3 rings (SSSR count). The number of carboxylic acid groups (broad SMARTS) is 1. The number of aldehydes is 2. The van der Waals surface area contributed by atoms with Crippen LogP contribution in [-0.2, 0) is 11.3 Å². The maximum atomic E-state index is 11.8. The van der Waals surface area contributed by atoms with E-state index < -0.39 is 11.9 Å². The fourth-order valence-corrected chi connectivity index (χ4v) is 2.38. The Morgan fingerprint density at radius 2 is 1.21 bits per heavy atom. The topological polar surface area (TPSA) is 97.7 Å². The summed E-state index contributed by atoms with van der Waals surface area (Å²) in [4.78, 5) is 43.3. The van der Waals surface area contributed by atoms with Crippen LogP contribution < -0.4 is 0 Å². The molecule has 0 amide bonds. The van der Waals surface area contributed by atoms with Gasteiger partial charge in [0.2, 0.25) is 0 Å². The first-order chi connectivity index (χ1) is 14.1. The average molecular weight is 390 g/mol. The summed E-state index contributed by atoms with van der Waals surface area (Å²) in [7, 11) is 0. The SMILES string of the molecule is O=Cc1ccccc1C(=O)O.O=Cc1ccccc1C(=O)OCc1ccccc1. The van der Waals surface area contributed by atoms with Crippen LogP contribution in [0.25, 0.3) is 0 Å². The van der Waals surface area contributed by atoms with E-state index in [1.165, 1.54) is 12.1 Å². The minimum absolute atomic E-state index is 0.0440. The van der Waals surface area contributed by atoms with Crippen molar-refractivity contribution < 1.29 is 29.0 Å². The summed E-state index contributed by atoms with van der Waals surface area (Å²) in [6.07, 6.45) is 1.18. The van der Waals surface area contributed by atoms with Crippen LogP contribution in [0.2, 0.25) is 0 Å². The Hall–Kier alpha value is -4.06. The van der Waals surface area contributed by atoms with E-state index in [1.807, 2.05) is 30.3 Å². The molecule has 1 N–H and O–H groups in total. The van der Waals surface area contributed by atoms with Crippen LogP contribution in [0.1, 0.15) is 47.0 Å². The average Bonchev–Trinajstić information content (AvgIpc) is 2.78. The number of carbonyl (C=O) groups excluding carboxylic acids is 3. The van der Waals surface area contributed by atoms with Gasteiger partial charge in [-0.2, -0.15) is 0 Å². The molecule has 0 radical (unpaired) electrons. The van der Waals surface area contributed by atoms with Crippen LogP contribution in [-0.4, -0.2) is 29.6 Å². The zero-order valence-electron chi connectivity index (χ0n) is 15.4. The third-order valence-corrected chi connectivity index (χ3v) is 3.84. The molecule has 3 aromatic carbocycles. The van der Waals surface area contributed by atoms with E-state index in [9.17, 15) is 19.2 Å². The largest absolute Gasteiger partial charge is 0.478 e. The fraction of sp³-hybridized carbons (Fsp3) is 0.0435. The van der Waals surface area contributed by atoms with E-state index in [2.05, 4.69) is 0 Å². The number of carboxylic acids is 1. The van der Waals surface area contributed by atoms with Crippen molar-refractivity contribution >= 4 is 24.5 Å². The summed E-state index contributed by atoms with van der Waals surface area (Å²) < 4.78 is 5.16. The molecule has 0 atom stereocenters. The van der Waals surface area contributed by atoms with Gasteiger partial charge in [0.15, 0.2) is 12.6 Å². The minimum Gasteiger partial charge on any atom is -0.478 e. The molecule has 0 saturated carbocycles. The molecule has 0 unspecified atom stereocenters. The van der Waals surface area contributed by atoms with Gasteiger partial charge in [0.1, 0.15) is 6.61 Å². The molecule has 0 spiro atoms. The summed E-state index contributed by atoms with van der Waals surface area (Å²) in [6.45, 7) is 0.201. The number of hydrogen-bond acceptors (Lipinski definition) is 5. The van der Waals surface area contributed by atoms with Crippen LogP contribution in [0, 0.1) is 0 Å². The Balaban J connectivity index is 0.000000234. The predicted octanol–water partition coefficient (Wildman–Crippen LogP) is 4.05. The van der Waals surface area contributed by atoms with E-state index in [0.29, 0.717) is 23.7 Å². The monoisotopic (exact) mass is 390 g/mol. The zero-order valence-corrected chi connectivity index (χ0v) is 15.4. The first-order valence-electron chi connectivity index (χ1n) is 8.59. The van der Waals surface area contributed by atoms with Crippen LogP contribution in [0.3, 0.4) is 0 Å². The van der Waals surface area contributed by atoms with Crippen molar-refractivity contribution in [2.45, 2.75) is 6.61 Å². The lowest BCUT2D eigenvalue weighted by atomic mass is 10.1. The smallest absolute Gasteiger partial charge is 0.339 e. The molecule has 0 aromatic heterocycles. The highest BCUT2D eigenvalue weighted by molar-refractivity contribution is 5.98. The Morgan fingerprint density at radius 3 is 1.72 bits per heavy atom. The standard InChI is InChI=1S/C15H12O3.C8H6O3/c16-10-13-8-4-5-9-14(13)15(17)18-11-12-6-2-1-3-7-12;9-5-6-3-1-2-4-7(6)8(10)11/h1-10H,11H2;1-5H,(H,10,11). The molecule has 3 aromatic rings. The van der Waals surface area contributed by atoms with Gasteiger partial charge >= 0.3 is 11.9 Å². The van der Waals surface area contributed by atoms with Gasteiger partial charge in [0, 0.05) is 11.1 Å². The molecule has 29 heavy (non-hydrogen) atoms. The molecule has 6 heteroatoms. The molecule has 0 aliphatic carbocycles. The molecule has 6 nitrogen and oxygen atoms in total. The Morgan fingerprint density at radius 1 is 0.724 bits per heavy atom. The highest BCUT2D eigenvalue weighted by Crippen LogP contribution is 2.10. The van der Waals surface area contributed by atoms with E-state index in [0.717, 1.165) is 5.56 Å². The number of aromatic carboxylic acids is 1. The Kier molecular flexibility index (Phi) is 8.01. The van der Waals surface area contributed by atoms with Crippen LogP contribution in [0.15, 0.2) is 78.9 Å². The molecule has 0 bridgehead atoms. The first-order valence-corrected chi connectivity index (χ1v) is 8.59. The number of ether oxygens (including phenoxy) is 1. The lowest BCUT2D eigenvalue weighted by molar-refractivity contribution is 0.0470. The molecule has 0 aliphatic rings. The third-order valence-electron chi connectivity index (χ3n) is 3.84. The van der Waals surface area contributed by atoms with Crippen molar-refractivity contribution in [1.29, 1.82) is 0 Å². The number of esters is 1. The summed E-state index contributed by atoms with van der Waals surface area (Å²) in [5, 5.41) is 8.54. The second-order valence-corrected chi connectivity index (χ2v) is 5.78. The normalized spacial score (nSPS) is 9.52. The van der Waals surface area contributed by atoms with Gasteiger partial charge in [-0.3, -0.25) is 9.59 Å². The highest BCUT2D eigenvalue weighted by atomic mass is 16.5. The van der Waals surface area contributed by atoms with Gasteiger partial charge in [-0.1, -0.05) is 66.7 Å². The molecule has 0 aliphatic heterocycles. The maximum absolute atomic E-state index is 11.8. The molecule has 0 heterocycles.